The SMILES string of the molecule is CCN(CC)CCOc1ccc2c(c1)C(NC)CCC2. The maximum Gasteiger partial charge on any atom is 0.119 e. The Morgan fingerprint density at radius 1 is 1.30 bits per heavy atom. The first-order valence-electron chi connectivity index (χ1n) is 7.93. The van der Waals surface area contributed by atoms with Gasteiger partial charge in [-0.2, -0.15) is 0 Å². The van der Waals surface area contributed by atoms with E-state index < -0.39 is 0 Å². The minimum absolute atomic E-state index is 0.491. The van der Waals surface area contributed by atoms with Crippen molar-refractivity contribution in [2.45, 2.75) is 39.2 Å². The summed E-state index contributed by atoms with van der Waals surface area (Å²) in [6, 6.07) is 7.09. The lowest BCUT2D eigenvalue weighted by Crippen LogP contribution is -2.28. The minimum atomic E-state index is 0.491. The van der Waals surface area contributed by atoms with Crippen LogP contribution in [0.1, 0.15) is 43.9 Å². The fraction of sp³-hybridized carbons (Fsp3) is 0.647. The second kappa shape index (κ2) is 7.65. The van der Waals surface area contributed by atoms with E-state index in [1.165, 1.54) is 30.4 Å². The summed E-state index contributed by atoms with van der Waals surface area (Å²) in [6.45, 7) is 8.34. The number of hydrogen-bond donors (Lipinski definition) is 1. The molecule has 0 aliphatic heterocycles. The molecular formula is C17H28N2O. The number of ether oxygens (including phenoxy) is 1. The van der Waals surface area contributed by atoms with Crippen LogP contribution < -0.4 is 10.1 Å². The van der Waals surface area contributed by atoms with E-state index in [0.717, 1.165) is 32.0 Å². The summed E-state index contributed by atoms with van der Waals surface area (Å²) < 4.78 is 5.93. The Balaban J connectivity index is 1.96. The third-order valence-corrected chi connectivity index (χ3v) is 4.35. The number of hydrogen-bond acceptors (Lipinski definition) is 3. The lowest BCUT2D eigenvalue weighted by Gasteiger charge is -2.26. The molecular weight excluding hydrogens is 248 g/mol. The average molecular weight is 276 g/mol. The largest absolute Gasteiger partial charge is 0.492 e. The lowest BCUT2D eigenvalue weighted by atomic mass is 9.87. The summed E-state index contributed by atoms with van der Waals surface area (Å²) in [6.07, 6.45) is 3.71. The number of benzene rings is 1. The molecule has 1 aromatic carbocycles. The van der Waals surface area contributed by atoms with Crippen molar-refractivity contribution in [3.63, 3.8) is 0 Å². The Labute approximate surface area is 123 Å². The molecule has 1 aliphatic rings. The summed E-state index contributed by atoms with van der Waals surface area (Å²) in [5.41, 5.74) is 2.91. The maximum absolute atomic E-state index is 5.93. The normalized spacial score (nSPS) is 18.1. The van der Waals surface area contributed by atoms with Gasteiger partial charge in [0.25, 0.3) is 0 Å². The van der Waals surface area contributed by atoms with E-state index in [1.54, 1.807) is 0 Å². The molecule has 112 valence electrons. The number of fused-ring (bicyclic) bond motifs is 1. The predicted molar refractivity (Wildman–Crippen MR) is 84.5 cm³/mol. The Morgan fingerprint density at radius 3 is 2.80 bits per heavy atom. The van der Waals surface area contributed by atoms with Crippen molar-refractivity contribution < 1.29 is 4.74 Å². The van der Waals surface area contributed by atoms with E-state index in [9.17, 15) is 0 Å². The molecule has 1 atom stereocenters. The fourth-order valence-electron chi connectivity index (χ4n) is 3.00. The van der Waals surface area contributed by atoms with Crippen molar-refractivity contribution in [1.29, 1.82) is 0 Å². The van der Waals surface area contributed by atoms with E-state index in [-0.39, 0.29) is 0 Å². The molecule has 0 saturated carbocycles. The molecule has 0 amide bonds. The van der Waals surface area contributed by atoms with Crippen LogP contribution in [0.4, 0.5) is 0 Å². The molecule has 0 spiro atoms. The molecule has 2 rings (SSSR count). The molecule has 0 saturated heterocycles. The maximum atomic E-state index is 5.93. The summed E-state index contributed by atoms with van der Waals surface area (Å²) in [5.74, 6) is 1.01. The molecule has 1 aromatic rings. The second-order valence-corrected chi connectivity index (χ2v) is 5.47. The predicted octanol–water partition coefficient (Wildman–Crippen LogP) is 3.00. The molecule has 0 heterocycles. The van der Waals surface area contributed by atoms with Crippen LogP contribution in [0.2, 0.25) is 0 Å². The molecule has 0 fully saturated rings. The van der Waals surface area contributed by atoms with E-state index >= 15 is 0 Å². The van der Waals surface area contributed by atoms with Gasteiger partial charge in [0.1, 0.15) is 12.4 Å². The van der Waals surface area contributed by atoms with Gasteiger partial charge in [0.05, 0.1) is 0 Å². The van der Waals surface area contributed by atoms with Crippen LogP contribution in [0.5, 0.6) is 5.75 Å². The van der Waals surface area contributed by atoms with Crippen LogP contribution in [-0.2, 0) is 6.42 Å². The van der Waals surface area contributed by atoms with Gasteiger partial charge < -0.3 is 15.0 Å². The van der Waals surface area contributed by atoms with Crippen molar-refractivity contribution in [3.05, 3.63) is 29.3 Å². The van der Waals surface area contributed by atoms with Crippen molar-refractivity contribution >= 4 is 0 Å². The number of nitrogens with one attached hydrogen (secondary N) is 1. The van der Waals surface area contributed by atoms with Crippen molar-refractivity contribution in [2.75, 3.05) is 33.3 Å². The van der Waals surface area contributed by atoms with Crippen LogP contribution in [0, 0.1) is 0 Å². The van der Waals surface area contributed by atoms with Gasteiger partial charge in [0, 0.05) is 12.6 Å². The summed E-state index contributed by atoms with van der Waals surface area (Å²) in [4.78, 5) is 2.38. The zero-order chi connectivity index (χ0) is 14.4. The highest BCUT2D eigenvalue weighted by atomic mass is 16.5. The zero-order valence-electron chi connectivity index (χ0n) is 13.1. The molecule has 1 N–H and O–H groups in total. The Morgan fingerprint density at radius 2 is 2.10 bits per heavy atom. The van der Waals surface area contributed by atoms with Crippen LogP contribution in [-0.4, -0.2) is 38.2 Å². The van der Waals surface area contributed by atoms with Gasteiger partial charge in [0.15, 0.2) is 0 Å². The molecule has 0 bridgehead atoms. The third kappa shape index (κ3) is 3.74. The number of nitrogens with zero attached hydrogens (tertiary/aromatic N) is 1. The second-order valence-electron chi connectivity index (χ2n) is 5.47. The fourth-order valence-corrected chi connectivity index (χ4v) is 3.00. The first kappa shape index (κ1) is 15.3. The standard InChI is InChI=1S/C17H28N2O/c1-4-19(5-2)11-12-20-15-10-9-14-7-6-8-17(18-3)16(14)13-15/h9-10,13,17-18H,4-8,11-12H2,1-3H3. The highest BCUT2D eigenvalue weighted by Crippen LogP contribution is 2.32. The van der Waals surface area contributed by atoms with Gasteiger partial charge >= 0.3 is 0 Å². The summed E-state index contributed by atoms with van der Waals surface area (Å²) in [5, 5.41) is 3.42. The van der Waals surface area contributed by atoms with Crippen molar-refractivity contribution in [3.8, 4) is 5.75 Å². The van der Waals surface area contributed by atoms with Crippen LogP contribution in [0.25, 0.3) is 0 Å². The van der Waals surface area contributed by atoms with Gasteiger partial charge in [0.2, 0.25) is 0 Å². The third-order valence-electron chi connectivity index (χ3n) is 4.35. The summed E-state index contributed by atoms with van der Waals surface area (Å²) >= 11 is 0. The average Bonchev–Trinajstić information content (AvgIpc) is 2.51. The first-order chi connectivity index (χ1) is 9.78. The van der Waals surface area contributed by atoms with Gasteiger partial charge in [-0.1, -0.05) is 19.9 Å². The van der Waals surface area contributed by atoms with E-state index in [2.05, 4.69) is 42.3 Å². The molecule has 20 heavy (non-hydrogen) atoms. The molecule has 1 aliphatic carbocycles. The van der Waals surface area contributed by atoms with Gasteiger partial charge in [-0.25, -0.2) is 0 Å². The lowest BCUT2D eigenvalue weighted by molar-refractivity contribution is 0.222. The molecule has 0 radical (unpaired) electrons. The van der Waals surface area contributed by atoms with E-state index in [1.807, 2.05) is 7.05 Å². The van der Waals surface area contributed by atoms with Gasteiger partial charge in [-0.15, -0.1) is 0 Å². The highest BCUT2D eigenvalue weighted by Gasteiger charge is 2.19. The van der Waals surface area contributed by atoms with Gasteiger partial charge in [-0.3, -0.25) is 0 Å². The molecule has 0 aromatic heterocycles. The first-order valence-corrected chi connectivity index (χ1v) is 7.93. The van der Waals surface area contributed by atoms with Gasteiger partial charge in [-0.05, 0) is 62.7 Å². The number of aryl methyl sites for hydroxylation is 1. The molecule has 3 nitrogen and oxygen atoms in total. The smallest absolute Gasteiger partial charge is 0.119 e. The number of likely N-dealkylation sites (N-methyl/N-ethyl adjacent to an activating group) is 1. The van der Waals surface area contributed by atoms with Crippen LogP contribution in [0.3, 0.4) is 0 Å². The summed E-state index contributed by atoms with van der Waals surface area (Å²) in [7, 11) is 2.05. The molecule has 1 unspecified atom stereocenters. The zero-order valence-corrected chi connectivity index (χ0v) is 13.1. The minimum Gasteiger partial charge on any atom is -0.492 e. The highest BCUT2D eigenvalue weighted by molar-refractivity contribution is 5.39. The quantitative estimate of drug-likeness (QED) is 0.828. The van der Waals surface area contributed by atoms with Crippen molar-refractivity contribution in [2.24, 2.45) is 0 Å². The monoisotopic (exact) mass is 276 g/mol. The number of rotatable bonds is 7. The Kier molecular flexibility index (Phi) is 5.86. The van der Waals surface area contributed by atoms with Crippen molar-refractivity contribution in [1.82, 2.24) is 10.2 Å². The topological polar surface area (TPSA) is 24.5 Å². The van der Waals surface area contributed by atoms with Crippen LogP contribution >= 0.6 is 0 Å². The van der Waals surface area contributed by atoms with E-state index in [4.69, 9.17) is 4.74 Å². The van der Waals surface area contributed by atoms with E-state index in [0.29, 0.717) is 6.04 Å². The Hall–Kier alpha value is -1.06. The Bertz CT molecular complexity index is 415. The molecule has 3 heteroatoms. The van der Waals surface area contributed by atoms with Crippen LogP contribution in [0.15, 0.2) is 18.2 Å².